The molecule has 4 heteroatoms. The highest BCUT2D eigenvalue weighted by atomic mass is 35.5. The van der Waals surface area contributed by atoms with Gasteiger partial charge in [0.25, 0.3) is 0 Å². The summed E-state index contributed by atoms with van der Waals surface area (Å²) < 4.78 is 0. The first-order valence-corrected chi connectivity index (χ1v) is 4.89. The predicted octanol–water partition coefficient (Wildman–Crippen LogP) is 2.75. The maximum absolute atomic E-state index is 5.95. The van der Waals surface area contributed by atoms with Crippen LogP contribution in [0, 0.1) is 0 Å². The van der Waals surface area contributed by atoms with Crippen LogP contribution in [0.5, 0.6) is 0 Å². The van der Waals surface area contributed by atoms with E-state index >= 15 is 0 Å². The summed E-state index contributed by atoms with van der Waals surface area (Å²) in [6.07, 6.45) is 0.919. The fourth-order valence-electron chi connectivity index (χ4n) is 0.965. The third kappa shape index (κ3) is 3.07. The van der Waals surface area contributed by atoms with Gasteiger partial charge in [-0.3, -0.25) is 0 Å². The molecule has 1 rings (SSSR count). The number of anilines is 1. The summed E-state index contributed by atoms with van der Waals surface area (Å²) >= 11 is 11.8. The highest BCUT2D eigenvalue weighted by Gasteiger charge is 2.02. The van der Waals surface area contributed by atoms with Crippen molar-refractivity contribution >= 4 is 28.9 Å². The van der Waals surface area contributed by atoms with E-state index in [1.54, 1.807) is 6.07 Å². The summed E-state index contributed by atoms with van der Waals surface area (Å²) in [7, 11) is 0. The molecule has 0 aliphatic rings. The van der Waals surface area contributed by atoms with E-state index in [1.165, 1.54) is 0 Å². The molecule has 0 bridgehead atoms. The molecule has 3 N–H and O–H groups in total. The Kier molecular flexibility index (Phi) is 4.36. The summed E-state index contributed by atoms with van der Waals surface area (Å²) in [5.74, 6) is 0. The second kappa shape index (κ2) is 5.32. The molecule has 0 aliphatic heterocycles. The Balaban J connectivity index is 2.61. The van der Waals surface area contributed by atoms with E-state index < -0.39 is 0 Å². The van der Waals surface area contributed by atoms with Crippen molar-refractivity contribution in [3.05, 3.63) is 28.2 Å². The zero-order valence-electron chi connectivity index (χ0n) is 7.19. The highest BCUT2D eigenvalue weighted by Crippen LogP contribution is 2.29. The molecule has 72 valence electrons. The molecular weight excluding hydrogens is 207 g/mol. The van der Waals surface area contributed by atoms with Crippen LogP contribution >= 0.6 is 23.2 Å². The monoisotopic (exact) mass is 218 g/mol. The fourth-order valence-corrected chi connectivity index (χ4v) is 1.33. The van der Waals surface area contributed by atoms with E-state index in [1.807, 2.05) is 12.1 Å². The standard InChI is InChI=1S/C9H12Cl2N2/c10-7-3-1-4-8(9(7)11)13-6-2-5-12/h1,3-4,13H,2,5-6,12H2. The number of hydrogen-bond donors (Lipinski definition) is 2. The van der Waals surface area contributed by atoms with Crippen molar-refractivity contribution in [3.63, 3.8) is 0 Å². The Morgan fingerprint density at radius 2 is 2.08 bits per heavy atom. The summed E-state index contributed by atoms with van der Waals surface area (Å²) in [6, 6.07) is 5.52. The Hall–Kier alpha value is -0.440. The van der Waals surface area contributed by atoms with Crippen molar-refractivity contribution in [2.24, 2.45) is 5.73 Å². The van der Waals surface area contributed by atoms with E-state index in [0.29, 0.717) is 16.6 Å². The van der Waals surface area contributed by atoms with E-state index in [0.717, 1.165) is 18.7 Å². The highest BCUT2D eigenvalue weighted by molar-refractivity contribution is 6.43. The van der Waals surface area contributed by atoms with E-state index in [9.17, 15) is 0 Å². The van der Waals surface area contributed by atoms with Crippen LogP contribution in [-0.4, -0.2) is 13.1 Å². The molecule has 0 saturated carbocycles. The van der Waals surface area contributed by atoms with E-state index in [4.69, 9.17) is 28.9 Å². The molecule has 0 radical (unpaired) electrons. The minimum absolute atomic E-state index is 0.569. The lowest BCUT2D eigenvalue weighted by Gasteiger charge is -2.07. The molecule has 1 aromatic carbocycles. The summed E-state index contributed by atoms with van der Waals surface area (Å²) in [5, 5.41) is 4.30. The molecule has 0 heterocycles. The molecule has 2 nitrogen and oxygen atoms in total. The van der Waals surface area contributed by atoms with Crippen molar-refractivity contribution in [3.8, 4) is 0 Å². The van der Waals surface area contributed by atoms with Crippen molar-refractivity contribution in [2.75, 3.05) is 18.4 Å². The molecular formula is C9H12Cl2N2. The molecule has 0 aliphatic carbocycles. The van der Waals surface area contributed by atoms with Gasteiger partial charge in [0.2, 0.25) is 0 Å². The molecule has 13 heavy (non-hydrogen) atoms. The number of rotatable bonds is 4. The van der Waals surface area contributed by atoms with Crippen molar-refractivity contribution < 1.29 is 0 Å². The average molecular weight is 219 g/mol. The third-order valence-corrected chi connectivity index (χ3v) is 2.47. The van der Waals surface area contributed by atoms with Crippen molar-refractivity contribution in [1.82, 2.24) is 0 Å². The lowest BCUT2D eigenvalue weighted by atomic mass is 10.3. The molecule has 0 unspecified atom stereocenters. The first kappa shape index (κ1) is 10.6. The zero-order chi connectivity index (χ0) is 9.68. The van der Waals surface area contributed by atoms with Gasteiger partial charge in [-0.1, -0.05) is 29.3 Å². The Morgan fingerprint density at radius 1 is 1.31 bits per heavy atom. The number of halogens is 2. The molecule has 0 atom stereocenters. The van der Waals surface area contributed by atoms with E-state index in [-0.39, 0.29) is 0 Å². The van der Waals surface area contributed by atoms with Gasteiger partial charge in [-0.25, -0.2) is 0 Å². The van der Waals surface area contributed by atoms with Gasteiger partial charge in [0, 0.05) is 6.54 Å². The number of hydrogen-bond acceptors (Lipinski definition) is 2. The molecule has 0 aromatic heterocycles. The predicted molar refractivity (Wildman–Crippen MR) is 58.6 cm³/mol. The number of benzene rings is 1. The first-order chi connectivity index (χ1) is 6.25. The van der Waals surface area contributed by atoms with Gasteiger partial charge in [0.15, 0.2) is 0 Å². The Labute approximate surface area is 88.0 Å². The molecule has 0 saturated heterocycles. The van der Waals surface area contributed by atoms with Crippen LogP contribution in [-0.2, 0) is 0 Å². The molecule has 0 fully saturated rings. The Morgan fingerprint density at radius 3 is 2.77 bits per heavy atom. The smallest absolute Gasteiger partial charge is 0.0823 e. The van der Waals surface area contributed by atoms with Gasteiger partial charge in [-0.2, -0.15) is 0 Å². The lowest BCUT2D eigenvalue weighted by molar-refractivity contribution is 0.874. The van der Waals surface area contributed by atoms with Crippen molar-refractivity contribution in [2.45, 2.75) is 6.42 Å². The fraction of sp³-hybridized carbons (Fsp3) is 0.333. The maximum Gasteiger partial charge on any atom is 0.0823 e. The van der Waals surface area contributed by atoms with E-state index in [2.05, 4.69) is 5.32 Å². The van der Waals surface area contributed by atoms with Crippen LogP contribution in [0.3, 0.4) is 0 Å². The Bertz CT molecular complexity index is 276. The van der Waals surface area contributed by atoms with Crippen LogP contribution in [0.4, 0.5) is 5.69 Å². The second-order valence-electron chi connectivity index (χ2n) is 2.67. The topological polar surface area (TPSA) is 38.0 Å². The summed E-state index contributed by atoms with van der Waals surface area (Å²) in [6.45, 7) is 1.49. The van der Waals surface area contributed by atoms with Crippen LogP contribution in [0.25, 0.3) is 0 Å². The van der Waals surface area contributed by atoms with Crippen LogP contribution in [0.2, 0.25) is 10.0 Å². The van der Waals surface area contributed by atoms with Crippen LogP contribution in [0.1, 0.15) is 6.42 Å². The maximum atomic E-state index is 5.95. The first-order valence-electron chi connectivity index (χ1n) is 4.13. The van der Waals surface area contributed by atoms with Gasteiger partial charge < -0.3 is 11.1 Å². The zero-order valence-corrected chi connectivity index (χ0v) is 8.70. The summed E-state index contributed by atoms with van der Waals surface area (Å²) in [4.78, 5) is 0. The molecule has 1 aromatic rings. The van der Waals surface area contributed by atoms with Gasteiger partial charge in [-0.05, 0) is 25.1 Å². The quantitative estimate of drug-likeness (QED) is 0.764. The van der Waals surface area contributed by atoms with Gasteiger partial charge in [0.1, 0.15) is 0 Å². The van der Waals surface area contributed by atoms with Crippen molar-refractivity contribution in [1.29, 1.82) is 0 Å². The SMILES string of the molecule is NCCCNc1cccc(Cl)c1Cl. The largest absolute Gasteiger partial charge is 0.384 e. The lowest BCUT2D eigenvalue weighted by Crippen LogP contribution is -2.08. The normalized spacial score (nSPS) is 10.1. The minimum atomic E-state index is 0.569. The van der Waals surface area contributed by atoms with Crippen LogP contribution < -0.4 is 11.1 Å². The molecule has 0 spiro atoms. The number of nitrogens with one attached hydrogen (secondary N) is 1. The van der Waals surface area contributed by atoms with Gasteiger partial charge >= 0.3 is 0 Å². The average Bonchev–Trinajstić information content (AvgIpc) is 2.13. The third-order valence-electron chi connectivity index (χ3n) is 1.65. The van der Waals surface area contributed by atoms with Gasteiger partial charge in [-0.15, -0.1) is 0 Å². The second-order valence-corrected chi connectivity index (χ2v) is 3.46. The van der Waals surface area contributed by atoms with Crippen LogP contribution in [0.15, 0.2) is 18.2 Å². The summed E-state index contributed by atoms with van der Waals surface area (Å²) in [5.41, 5.74) is 6.23. The van der Waals surface area contributed by atoms with Gasteiger partial charge in [0.05, 0.1) is 15.7 Å². The minimum Gasteiger partial charge on any atom is -0.384 e. The molecule has 0 amide bonds. The number of nitrogens with two attached hydrogens (primary N) is 1.